The van der Waals surface area contributed by atoms with Crippen LogP contribution in [0.15, 0.2) is 36.4 Å². The van der Waals surface area contributed by atoms with E-state index in [0.717, 1.165) is 22.3 Å². The lowest BCUT2D eigenvalue weighted by atomic mass is 10.1. The molecule has 0 saturated carbocycles. The maximum Gasteiger partial charge on any atom is 0.131 e. The van der Waals surface area contributed by atoms with Crippen LogP contribution in [0.25, 0.3) is 10.8 Å². The Morgan fingerprint density at radius 1 is 0.650 bits per heavy atom. The number of benzene rings is 2. The molecule has 0 spiro atoms. The number of rotatable bonds is 2. The van der Waals surface area contributed by atoms with Crippen LogP contribution >= 0.6 is 0 Å². The van der Waals surface area contributed by atoms with E-state index in [1.807, 2.05) is 24.3 Å². The Kier molecular flexibility index (Phi) is 3.68. The lowest BCUT2D eigenvalue weighted by Crippen LogP contribution is -2.24. The highest BCUT2D eigenvalue weighted by Crippen LogP contribution is 2.37. The minimum atomic E-state index is -0.233. The van der Waals surface area contributed by atoms with Gasteiger partial charge in [-0.3, -0.25) is 0 Å². The maximum absolute atomic E-state index is 6.09. The van der Waals surface area contributed by atoms with Crippen molar-refractivity contribution in [3.8, 4) is 11.5 Å². The van der Waals surface area contributed by atoms with Gasteiger partial charge in [-0.2, -0.15) is 0 Å². The van der Waals surface area contributed by atoms with Gasteiger partial charge in [-0.1, -0.05) is 24.3 Å². The Labute approximate surface area is 121 Å². The van der Waals surface area contributed by atoms with Gasteiger partial charge in [0, 0.05) is 0 Å². The van der Waals surface area contributed by atoms with Gasteiger partial charge in [-0.05, 0) is 59.1 Å². The van der Waals surface area contributed by atoms with Crippen molar-refractivity contribution in [2.75, 3.05) is 0 Å². The van der Waals surface area contributed by atoms with Crippen LogP contribution in [0, 0.1) is 0 Å². The van der Waals surface area contributed by atoms with E-state index in [1.54, 1.807) is 0 Å². The Balaban J connectivity index is 2.58. The van der Waals surface area contributed by atoms with Gasteiger partial charge in [0.05, 0.1) is 5.39 Å². The standard InChI is InChI=1S/C18H24O2/c1-17(2,3)19-14-11-7-9-13-10-8-12-15(16(13)14)20-18(4,5)6/h7-12H,1-6H3. The Hall–Kier alpha value is -1.70. The largest absolute Gasteiger partial charge is 0.487 e. The minimum Gasteiger partial charge on any atom is -0.487 e. The van der Waals surface area contributed by atoms with Crippen LogP contribution in [0.1, 0.15) is 41.5 Å². The lowest BCUT2D eigenvalue weighted by Gasteiger charge is -2.26. The predicted molar refractivity (Wildman–Crippen MR) is 84.7 cm³/mol. The first-order valence-electron chi connectivity index (χ1n) is 7.05. The molecule has 20 heavy (non-hydrogen) atoms. The molecular formula is C18H24O2. The summed E-state index contributed by atoms with van der Waals surface area (Å²) in [6.07, 6.45) is 0. The molecule has 0 saturated heterocycles. The molecule has 2 heteroatoms. The Morgan fingerprint density at radius 2 is 1.05 bits per heavy atom. The third-order valence-electron chi connectivity index (χ3n) is 2.66. The molecule has 0 aliphatic heterocycles. The van der Waals surface area contributed by atoms with Crippen LogP contribution in [0.3, 0.4) is 0 Å². The fraction of sp³-hybridized carbons (Fsp3) is 0.444. The zero-order valence-electron chi connectivity index (χ0n) is 13.3. The van der Waals surface area contributed by atoms with Gasteiger partial charge < -0.3 is 9.47 Å². The number of hydrogen-bond donors (Lipinski definition) is 0. The second-order valence-corrected chi connectivity index (χ2v) is 7.04. The van der Waals surface area contributed by atoms with Gasteiger partial charge in [0.15, 0.2) is 0 Å². The smallest absolute Gasteiger partial charge is 0.131 e. The van der Waals surface area contributed by atoms with E-state index in [0.29, 0.717) is 0 Å². The van der Waals surface area contributed by atoms with Crippen molar-refractivity contribution in [3.63, 3.8) is 0 Å². The van der Waals surface area contributed by atoms with E-state index < -0.39 is 0 Å². The average molecular weight is 272 g/mol. The van der Waals surface area contributed by atoms with Gasteiger partial charge in [-0.15, -0.1) is 0 Å². The highest BCUT2D eigenvalue weighted by Gasteiger charge is 2.19. The van der Waals surface area contributed by atoms with Crippen LogP contribution in [-0.2, 0) is 0 Å². The highest BCUT2D eigenvalue weighted by molar-refractivity contribution is 5.93. The summed E-state index contributed by atoms with van der Waals surface area (Å²) in [7, 11) is 0. The molecule has 2 aromatic carbocycles. The maximum atomic E-state index is 6.09. The van der Waals surface area contributed by atoms with Crippen molar-refractivity contribution in [2.24, 2.45) is 0 Å². The van der Waals surface area contributed by atoms with E-state index in [9.17, 15) is 0 Å². The Bertz CT molecular complexity index is 550. The van der Waals surface area contributed by atoms with Gasteiger partial charge in [0.25, 0.3) is 0 Å². The van der Waals surface area contributed by atoms with Crippen LogP contribution in [0.4, 0.5) is 0 Å². The summed E-state index contributed by atoms with van der Waals surface area (Å²) in [6, 6.07) is 12.2. The molecule has 0 aliphatic carbocycles. The summed E-state index contributed by atoms with van der Waals surface area (Å²) < 4.78 is 12.2. The molecule has 2 aromatic rings. The van der Waals surface area contributed by atoms with Crippen molar-refractivity contribution < 1.29 is 9.47 Å². The molecule has 0 fully saturated rings. The van der Waals surface area contributed by atoms with Crippen molar-refractivity contribution in [1.82, 2.24) is 0 Å². The molecule has 2 nitrogen and oxygen atoms in total. The van der Waals surface area contributed by atoms with E-state index in [4.69, 9.17) is 9.47 Å². The fourth-order valence-corrected chi connectivity index (χ4v) is 2.10. The SMILES string of the molecule is CC(C)(C)Oc1cccc2cccc(OC(C)(C)C)c12. The van der Waals surface area contributed by atoms with Crippen molar-refractivity contribution >= 4 is 10.8 Å². The predicted octanol–water partition coefficient (Wildman–Crippen LogP) is 5.19. The topological polar surface area (TPSA) is 18.5 Å². The molecule has 108 valence electrons. The third-order valence-corrected chi connectivity index (χ3v) is 2.66. The summed E-state index contributed by atoms with van der Waals surface area (Å²) in [5, 5.41) is 2.17. The van der Waals surface area contributed by atoms with E-state index >= 15 is 0 Å². The molecule has 0 aromatic heterocycles. The first kappa shape index (κ1) is 14.7. The number of fused-ring (bicyclic) bond motifs is 1. The summed E-state index contributed by atoms with van der Waals surface area (Å²) in [4.78, 5) is 0. The average Bonchev–Trinajstić information content (AvgIpc) is 2.25. The van der Waals surface area contributed by atoms with Crippen LogP contribution in [-0.4, -0.2) is 11.2 Å². The van der Waals surface area contributed by atoms with Crippen molar-refractivity contribution in [3.05, 3.63) is 36.4 Å². The summed E-state index contributed by atoms with van der Waals surface area (Å²) in [6.45, 7) is 12.3. The molecule has 0 radical (unpaired) electrons. The zero-order valence-corrected chi connectivity index (χ0v) is 13.3. The summed E-state index contributed by atoms with van der Waals surface area (Å²) in [5.74, 6) is 1.74. The third kappa shape index (κ3) is 3.66. The van der Waals surface area contributed by atoms with Gasteiger partial charge in [-0.25, -0.2) is 0 Å². The molecule has 0 unspecified atom stereocenters. The monoisotopic (exact) mass is 272 g/mol. The number of hydrogen-bond acceptors (Lipinski definition) is 2. The number of ether oxygens (including phenoxy) is 2. The molecule has 0 N–H and O–H groups in total. The van der Waals surface area contributed by atoms with E-state index in [1.165, 1.54) is 0 Å². The zero-order chi connectivity index (χ0) is 15.0. The molecular weight excluding hydrogens is 248 g/mol. The van der Waals surface area contributed by atoms with Crippen molar-refractivity contribution in [2.45, 2.75) is 52.7 Å². The van der Waals surface area contributed by atoms with E-state index in [-0.39, 0.29) is 11.2 Å². The quantitative estimate of drug-likeness (QED) is 0.748. The lowest BCUT2D eigenvalue weighted by molar-refractivity contribution is 0.126. The highest BCUT2D eigenvalue weighted by atomic mass is 16.5. The first-order chi connectivity index (χ1) is 9.16. The fourth-order valence-electron chi connectivity index (χ4n) is 2.10. The normalized spacial score (nSPS) is 12.5. The molecule has 0 aliphatic rings. The second-order valence-electron chi connectivity index (χ2n) is 7.04. The molecule has 0 atom stereocenters. The first-order valence-corrected chi connectivity index (χ1v) is 7.05. The van der Waals surface area contributed by atoms with Gasteiger partial charge in [0.1, 0.15) is 22.7 Å². The van der Waals surface area contributed by atoms with Crippen LogP contribution < -0.4 is 9.47 Å². The second kappa shape index (κ2) is 5.01. The molecule has 0 amide bonds. The van der Waals surface area contributed by atoms with E-state index in [2.05, 4.69) is 53.7 Å². The van der Waals surface area contributed by atoms with Gasteiger partial charge >= 0.3 is 0 Å². The summed E-state index contributed by atoms with van der Waals surface area (Å²) >= 11 is 0. The van der Waals surface area contributed by atoms with Crippen LogP contribution in [0.5, 0.6) is 11.5 Å². The molecule has 2 rings (SSSR count). The Morgan fingerprint density at radius 3 is 1.40 bits per heavy atom. The molecule has 0 heterocycles. The van der Waals surface area contributed by atoms with Gasteiger partial charge in [0.2, 0.25) is 0 Å². The summed E-state index contributed by atoms with van der Waals surface area (Å²) in [5.41, 5.74) is -0.466. The van der Waals surface area contributed by atoms with Crippen LogP contribution in [0.2, 0.25) is 0 Å². The minimum absolute atomic E-state index is 0.233. The molecule has 0 bridgehead atoms. The van der Waals surface area contributed by atoms with Crippen molar-refractivity contribution in [1.29, 1.82) is 0 Å².